The van der Waals surface area contributed by atoms with Crippen LogP contribution in [0.15, 0.2) is 0 Å². The number of nitrogens with two attached hydrogens (primary N) is 1. The van der Waals surface area contributed by atoms with Gasteiger partial charge in [0, 0.05) is 12.1 Å². The van der Waals surface area contributed by atoms with Crippen molar-refractivity contribution in [2.45, 2.75) is 63.1 Å². The summed E-state index contributed by atoms with van der Waals surface area (Å²) in [6.45, 7) is 1.35. The lowest BCUT2D eigenvalue weighted by Gasteiger charge is -2.41. The van der Waals surface area contributed by atoms with Crippen LogP contribution >= 0.6 is 0 Å². The quantitative estimate of drug-likeness (QED) is 0.810. The third-order valence-electron chi connectivity index (χ3n) is 5.07. The van der Waals surface area contributed by atoms with Gasteiger partial charge in [0.05, 0.1) is 5.92 Å². The molecule has 0 heterocycles. The summed E-state index contributed by atoms with van der Waals surface area (Å²) in [5, 5.41) is 3.46. The topological polar surface area (TPSA) is 38.0 Å². The first kappa shape index (κ1) is 15.1. The van der Waals surface area contributed by atoms with E-state index in [4.69, 9.17) is 5.73 Å². The van der Waals surface area contributed by atoms with Gasteiger partial charge in [-0.15, -0.1) is 0 Å². The molecule has 0 saturated heterocycles. The van der Waals surface area contributed by atoms with Crippen molar-refractivity contribution in [1.82, 2.24) is 5.32 Å². The van der Waals surface area contributed by atoms with Crippen molar-refractivity contribution in [3.05, 3.63) is 0 Å². The minimum atomic E-state index is -4.04. The minimum absolute atomic E-state index is 0.219. The molecule has 0 aliphatic heterocycles. The summed E-state index contributed by atoms with van der Waals surface area (Å²) in [6.07, 6.45) is 2.61. The third kappa shape index (κ3) is 3.85. The summed E-state index contributed by atoms with van der Waals surface area (Å²) in [4.78, 5) is 0. The Balaban J connectivity index is 1.76. The maximum absolute atomic E-state index is 12.7. The van der Waals surface area contributed by atoms with Crippen molar-refractivity contribution in [1.29, 1.82) is 0 Å². The molecule has 2 rings (SSSR count). The second-order valence-corrected chi connectivity index (χ2v) is 6.31. The number of halogens is 3. The average molecular weight is 278 g/mol. The van der Waals surface area contributed by atoms with E-state index in [1.165, 1.54) is 19.3 Å². The molecule has 2 nitrogen and oxygen atoms in total. The molecular formula is C14H25F3N2. The van der Waals surface area contributed by atoms with E-state index < -0.39 is 12.1 Å². The summed E-state index contributed by atoms with van der Waals surface area (Å²) >= 11 is 0. The summed E-state index contributed by atoms with van der Waals surface area (Å²) in [6, 6.07) is 0. The Morgan fingerprint density at radius 2 is 1.74 bits per heavy atom. The highest BCUT2D eigenvalue weighted by Gasteiger charge is 2.45. The second kappa shape index (κ2) is 6.00. The summed E-state index contributed by atoms with van der Waals surface area (Å²) in [5.41, 5.74) is 5.57. The van der Waals surface area contributed by atoms with Crippen LogP contribution in [-0.4, -0.2) is 24.8 Å². The van der Waals surface area contributed by atoms with Gasteiger partial charge in [-0.25, -0.2) is 0 Å². The first-order valence-electron chi connectivity index (χ1n) is 7.47. The lowest BCUT2D eigenvalue weighted by atomic mass is 9.75. The van der Waals surface area contributed by atoms with Crippen LogP contribution < -0.4 is 11.1 Å². The minimum Gasteiger partial charge on any atom is -0.329 e. The largest absolute Gasteiger partial charge is 0.391 e. The zero-order chi connectivity index (χ0) is 13.9. The molecule has 0 radical (unpaired) electrons. The molecule has 19 heavy (non-hydrogen) atoms. The van der Waals surface area contributed by atoms with Crippen LogP contribution in [0.25, 0.3) is 0 Å². The molecule has 3 N–H and O–H groups in total. The maximum atomic E-state index is 12.7. The van der Waals surface area contributed by atoms with Gasteiger partial charge < -0.3 is 11.1 Å². The highest BCUT2D eigenvalue weighted by atomic mass is 19.4. The fraction of sp³-hybridized carbons (Fsp3) is 1.00. The van der Waals surface area contributed by atoms with Crippen molar-refractivity contribution in [3.8, 4) is 0 Å². The molecule has 2 aliphatic rings. The molecule has 0 unspecified atom stereocenters. The zero-order valence-electron chi connectivity index (χ0n) is 11.4. The Morgan fingerprint density at radius 3 is 2.16 bits per heavy atom. The Hall–Kier alpha value is -0.290. The first-order chi connectivity index (χ1) is 8.95. The van der Waals surface area contributed by atoms with E-state index in [1.54, 1.807) is 0 Å². The Morgan fingerprint density at radius 1 is 1.11 bits per heavy atom. The molecule has 0 amide bonds. The number of hydrogen-bond acceptors (Lipinski definition) is 2. The molecule has 0 aromatic heterocycles. The van der Waals surface area contributed by atoms with E-state index in [2.05, 4.69) is 5.32 Å². The number of hydrogen-bond donors (Lipinski definition) is 2. The van der Waals surface area contributed by atoms with Crippen molar-refractivity contribution in [3.63, 3.8) is 0 Å². The molecule has 5 heteroatoms. The average Bonchev–Trinajstić information content (AvgIpc) is 2.32. The molecular weight excluding hydrogens is 253 g/mol. The third-order valence-corrected chi connectivity index (χ3v) is 5.07. The van der Waals surface area contributed by atoms with Gasteiger partial charge in [-0.2, -0.15) is 13.2 Å². The molecule has 0 bridgehead atoms. The van der Waals surface area contributed by atoms with E-state index in [9.17, 15) is 13.2 Å². The molecule has 0 aromatic rings. The van der Waals surface area contributed by atoms with E-state index in [0.717, 1.165) is 18.9 Å². The SMILES string of the molecule is NCC1(NCCC2CCC2)CCC(C(F)(F)F)CC1. The molecule has 0 atom stereocenters. The van der Waals surface area contributed by atoms with Crippen LogP contribution in [0, 0.1) is 11.8 Å². The van der Waals surface area contributed by atoms with Crippen molar-refractivity contribution >= 4 is 0 Å². The highest BCUT2D eigenvalue weighted by Crippen LogP contribution is 2.41. The molecule has 2 saturated carbocycles. The first-order valence-corrected chi connectivity index (χ1v) is 7.47. The van der Waals surface area contributed by atoms with Crippen LogP contribution in [0.1, 0.15) is 51.4 Å². The lowest BCUT2D eigenvalue weighted by molar-refractivity contribution is -0.185. The zero-order valence-corrected chi connectivity index (χ0v) is 11.4. The maximum Gasteiger partial charge on any atom is 0.391 e. The van der Waals surface area contributed by atoms with E-state index in [1.807, 2.05) is 0 Å². The molecule has 112 valence electrons. The normalized spacial score (nSPS) is 33.2. The van der Waals surface area contributed by atoms with E-state index in [0.29, 0.717) is 19.4 Å². The van der Waals surface area contributed by atoms with Crippen molar-refractivity contribution in [2.75, 3.05) is 13.1 Å². The summed E-state index contributed by atoms with van der Waals surface area (Å²) in [7, 11) is 0. The van der Waals surface area contributed by atoms with Crippen molar-refractivity contribution < 1.29 is 13.2 Å². The van der Waals surface area contributed by atoms with Gasteiger partial charge in [-0.1, -0.05) is 19.3 Å². The van der Waals surface area contributed by atoms with Gasteiger partial charge in [0.15, 0.2) is 0 Å². The van der Waals surface area contributed by atoms with E-state index in [-0.39, 0.29) is 18.4 Å². The van der Waals surface area contributed by atoms with Crippen LogP contribution in [0.5, 0.6) is 0 Å². The Bertz CT molecular complexity index is 279. The summed E-state index contributed by atoms with van der Waals surface area (Å²) in [5.74, 6) is -0.297. The summed E-state index contributed by atoms with van der Waals surface area (Å²) < 4.78 is 38.0. The molecule has 2 aliphatic carbocycles. The number of alkyl halides is 3. The molecule has 0 aromatic carbocycles. The van der Waals surface area contributed by atoms with Crippen LogP contribution in [-0.2, 0) is 0 Å². The van der Waals surface area contributed by atoms with Crippen LogP contribution in [0.2, 0.25) is 0 Å². The van der Waals surface area contributed by atoms with Gasteiger partial charge in [0.25, 0.3) is 0 Å². The predicted octanol–water partition coefficient (Wildman–Crippen LogP) is 3.22. The lowest BCUT2D eigenvalue weighted by Crippen LogP contribution is -2.54. The second-order valence-electron chi connectivity index (χ2n) is 6.31. The predicted molar refractivity (Wildman–Crippen MR) is 69.8 cm³/mol. The molecule has 0 spiro atoms. The Labute approximate surface area is 113 Å². The fourth-order valence-electron chi connectivity index (χ4n) is 3.27. The number of nitrogens with one attached hydrogen (secondary N) is 1. The van der Waals surface area contributed by atoms with Crippen molar-refractivity contribution in [2.24, 2.45) is 17.6 Å². The molecule has 2 fully saturated rings. The number of rotatable bonds is 5. The smallest absolute Gasteiger partial charge is 0.329 e. The van der Waals surface area contributed by atoms with Gasteiger partial charge in [0.2, 0.25) is 0 Å². The highest BCUT2D eigenvalue weighted by molar-refractivity contribution is 4.95. The Kier molecular flexibility index (Phi) is 4.77. The van der Waals surface area contributed by atoms with Gasteiger partial charge in [0.1, 0.15) is 0 Å². The van der Waals surface area contributed by atoms with E-state index >= 15 is 0 Å². The van der Waals surface area contributed by atoms with Gasteiger partial charge in [-0.3, -0.25) is 0 Å². The fourth-order valence-corrected chi connectivity index (χ4v) is 3.27. The van der Waals surface area contributed by atoms with Gasteiger partial charge in [-0.05, 0) is 44.6 Å². The van der Waals surface area contributed by atoms with Crippen LogP contribution in [0.3, 0.4) is 0 Å². The standard InChI is InChI=1S/C14H25F3N2/c15-14(16,17)12-4-7-13(10-18,8-5-12)19-9-6-11-2-1-3-11/h11-12,19H,1-10,18H2. The van der Waals surface area contributed by atoms with Crippen LogP contribution in [0.4, 0.5) is 13.2 Å². The monoisotopic (exact) mass is 278 g/mol. The van der Waals surface area contributed by atoms with Gasteiger partial charge >= 0.3 is 6.18 Å².